The summed E-state index contributed by atoms with van der Waals surface area (Å²) in [4.78, 5) is 14.4. The van der Waals surface area contributed by atoms with E-state index in [4.69, 9.17) is 0 Å². The van der Waals surface area contributed by atoms with Gasteiger partial charge in [0.1, 0.15) is 0 Å². The van der Waals surface area contributed by atoms with Crippen molar-refractivity contribution < 1.29 is 4.79 Å². The van der Waals surface area contributed by atoms with Crippen molar-refractivity contribution >= 4 is 11.6 Å². The molecule has 0 atom stereocenters. The Morgan fingerprint density at radius 3 is 2.75 bits per heavy atom. The number of carbonyl (C=O) groups is 1. The highest BCUT2D eigenvalue weighted by Gasteiger charge is 2.25. The standard InChI is InChI=1S/C16H25N3O/c1-4-17-15-8-5-13(11-12(15)2)16(20)18-9-10-19(3)14-6-7-14/h5,8,11,14,17H,4,6-7,9-10H2,1-3H3,(H,18,20). The summed E-state index contributed by atoms with van der Waals surface area (Å²) in [7, 11) is 2.12. The summed E-state index contributed by atoms with van der Waals surface area (Å²) < 4.78 is 0. The molecule has 4 nitrogen and oxygen atoms in total. The van der Waals surface area contributed by atoms with Gasteiger partial charge in [-0.25, -0.2) is 0 Å². The lowest BCUT2D eigenvalue weighted by Gasteiger charge is -2.16. The van der Waals surface area contributed by atoms with Gasteiger partial charge in [0.25, 0.3) is 5.91 Å². The van der Waals surface area contributed by atoms with E-state index in [-0.39, 0.29) is 5.91 Å². The maximum atomic E-state index is 12.1. The summed E-state index contributed by atoms with van der Waals surface area (Å²) in [6.07, 6.45) is 2.60. The zero-order valence-corrected chi connectivity index (χ0v) is 12.7. The van der Waals surface area contributed by atoms with Gasteiger partial charge in [0.2, 0.25) is 0 Å². The first kappa shape index (κ1) is 14.9. The fourth-order valence-corrected chi connectivity index (χ4v) is 2.34. The zero-order chi connectivity index (χ0) is 14.5. The number of hydrogen-bond donors (Lipinski definition) is 2. The summed E-state index contributed by atoms with van der Waals surface area (Å²) in [5.74, 6) is 0.0142. The van der Waals surface area contributed by atoms with Gasteiger partial charge in [-0.05, 0) is 57.5 Å². The molecule has 1 fully saturated rings. The fourth-order valence-electron chi connectivity index (χ4n) is 2.34. The number of hydrogen-bond acceptors (Lipinski definition) is 3. The van der Waals surface area contributed by atoms with Gasteiger partial charge in [0, 0.05) is 36.9 Å². The lowest BCUT2D eigenvalue weighted by atomic mass is 10.1. The number of nitrogens with zero attached hydrogens (tertiary/aromatic N) is 1. The summed E-state index contributed by atoms with van der Waals surface area (Å²) in [5, 5.41) is 6.27. The Kier molecular flexibility index (Phi) is 5.01. The first-order valence-electron chi connectivity index (χ1n) is 7.44. The molecule has 0 unspecified atom stereocenters. The average molecular weight is 275 g/mol. The van der Waals surface area contributed by atoms with E-state index >= 15 is 0 Å². The summed E-state index contributed by atoms with van der Waals surface area (Å²) >= 11 is 0. The van der Waals surface area contributed by atoms with E-state index in [9.17, 15) is 4.79 Å². The number of amides is 1. The SMILES string of the molecule is CCNc1ccc(C(=O)NCCN(C)C2CC2)cc1C. The van der Waals surface area contributed by atoms with Gasteiger partial charge in [0.15, 0.2) is 0 Å². The Bertz CT molecular complexity index is 469. The Labute approximate surface area is 121 Å². The third-order valence-electron chi connectivity index (χ3n) is 3.78. The van der Waals surface area contributed by atoms with Crippen LogP contribution >= 0.6 is 0 Å². The van der Waals surface area contributed by atoms with Crippen molar-refractivity contribution in [2.45, 2.75) is 32.7 Å². The van der Waals surface area contributed by atoms with Gasteiger partial charge in [-0.15, -0.1) is 0 Å². The molecular formula is C16H25N3O. The van der Waals surface area contributed by atoms with Crippen molar-refractivity contribution in [2.75, 3.05) is 32.0 Å². The van der Waals surface area contributed by atoms with Gasteiger partial charge in [-0.2, -0.15) is 0 Å². The number of likely N-dealkylation sites (N-methyl/N-ethyl adjacent to an activating group) is 1. The number of carbonyl (C=O) groups excluding carboxylic acids is 1. The first-order chi connectivity index (χ1) is 9.61. The van der Waals surface area contributed by atoms with Crippen molar-refractivity contribution in [1.82, 2.24) is 10.2 Å². The third kappa shape index (κ3) is 3.97. The average Bonchev–Trinajstić information content (AvgIpc) is 3.25. The molecular weight excluding hydrogens is 250 g/mol. The van der Waals surface area contributed by atoms with Crippen LogP contribution in [0.15, 0.2) is 18.2 Å². The Hall–Kier alpha value is -1.55. The Morgan fingerprint density at radius 1 is 1.40 bits per heavy atom. The van der Waals surface area contributed by atoms with E-state index in [1.165, 1.54) is 12.8 Å². The molecule has 110 valence electrons. The number of rotatable bonds is 7. The van der Waals surface area contributed by atoms with Crippen molar-refractivity contribution in [3.63, 3.8) is 0 Å². The van der Waals surface area contributed by atoms with Crippen molar-refractivity contribution in [2.24, 2.45) is 0 Å². The van der Waals surface area contributed by atoms with Crippen LogP contribution in [-0.2, 0) is 0 Å². The normalized spacial score (nSPS) is 14.4. The predicted octanol–water partition coefficient (Wildman–Crippen LogP) is 2.25. The van der Waals surface area contributed by atoms with Crippen LogP contribution in [-0.4, -0.2) is 43.5 Å². The number of aryl methyl sites for hydroxylation is 1. The van der Waals surface area contributed by atoms with E-state index in [0.717, 1.165) is 35.9 Å². The van der Waals surface area contributed by atoms with Crippen molar-refractivity contribution in [1.29, 1.82) is 0 Å². The van der Waals surface area contributed by atoms with Crippen LogP contribution in [0.2, 0.25) is 0 Å². The minimum atomic E-state index is 0.0142. The maximum Gasteiger partial charge on any atom is 0.251 e. The van der Waals surface area contributed by atoms with Crippen molar-refractivity contribution in [3.8, 4) is 0 Å². The predicted molar refractivity (Wildman–Crippen MR) is 83.3 cm³/mol. The molecule has 0 spiro atoms. The van der Waals surface area contributed by atoms with E-state index in [1.807, 2.05) is 25.1 Å². The molecule has 20 heavy (non-hydrogen) atoms. The third-order valence-corrected chi connectivity index (χ3v) is 3.78. The van der Waals surface area contributed by atoms with Crippen LogP contribution in [0.4, 0.5) is 5.69 Å². The van der Waals surface area contributed by atoms with Crippen LogP contribution < -0.4 is 10.6 Å². The minimum absolute atomic E-state index is 0.0142. The van der Waals surface area contributed by atoms with Crippen molar-refractivity contribution in [3.05, 3.63) is 29.3 Å². The molecule has 0 heterocycles. The highest BCUT2D eigenvalue weighted by molar-refractivity contribution is 5.94. The van der Waals surface area contributed by atoms with Crippen LogP contribution in [0, 0.1) is 6.92 Å². The van der Waals surface area contributed by atoms with Gasteiger partial charge < -0.3 is 15.5 Å². The van der Waals surface area contributed by atoms with E-state index < -0.39 is 0 Å². The molecule has 1 saturated carbocycles. The second-order valence-corrected chi connectivity index (χ2v) is 5.53. The molecule has 0 aromatic heterocycles. The molecule has 1 amide bonds. The summed E-state index contributed by atoms with van der Waals surface area (Å²) in [6.45, 7) is 6.61. The molecule has 1 aliphatic carbocycles. The van der Waals surface area contributed by atoms with E-state index in [1.54, 1.807) is 0 Å². The molecule has 0 aliphatic heterocycles. The topological polar surface area (TPSA) is 44.4 Å². The van der Waals surface area contributed by atoms with E-state index in [0.29, 0.717) is 6.54 Å². The van der Waals surface area contributed by atoms with Crippen LogP contribution in [0.25, 0.3) is 0 Å². The second kappa shape index (κ2) is 6.75. The minimum Gasteiger partial charge on any atom is -0.385 e. The lowest BCUT2D eigenvalue weighted by molar-refractivity contribution is 0.0949. The number of benzene rings is 1. The molecule has 2 rings (SSSR count). The summed E-state index contributed by atoms with van der Waals surface area (Å²) in [6, 6.07) is 6.54. The molecule has 0 radical (unpaired) electrons. The second-order valence-electron chi connectivity index (χ2n) is 5.53. The van der Waals surface area contributed by atoms with Crippen LogP contribution in [0.5, 0.6) is 0 Å². The molecule has 0 saturated heterocycles. The Balaban J connectivity index is 1.83. The lowest BCUT2D eigenvalue weighted by Crippen LogP contribution is -2.34. The monoisotopic (exact) mass is 275 g/mol. The number of anilines is 1. The molecule has 4 heteroatoms. The Morgan fingerprint density at radius 2 is 2.15 bits per heavy atom. The summed E-state index contributed by atoms with van der Waals surface area (Å²) in [5.41, 5.74) is 2.94. The molecule has 1 aromatic rings. The first-order valence-corrected chi connectivity index (χ1v) is 7.44. The zero-order valence-electron chi connectivity index (χ0n) is 12.7. The highest BCUT2D eigenvalue weighted by Crippen LogP contribution is 2.24. The van der Waals surface area contributed by atoms with Crippen LogP contribution in [0.3, 0.4) is 0 Å². The molecule has 0 bridgehead atoms. The van der Waals surface area contributed by atoms with Gasteiger partial charge in [0.05, 0.1) is 0 Å². The molecule has 1 aliphatic rings. The van der Waals surface area contributed by atoms with Gasteiger partial charge >= 0.3 is 0 Å². The van der Waals surface area contributed by atoms with E-state index in [2.05, 4.69) is 29.5 Å². The maximum absolute atomic E-state index is 12.1. The fraction of sp³-hybridized carbons (Fsp3) is 0.562. The number of nitrogens with one attached hydrogen (secondary N) is 2. The smallest absolute Gasteiger partial charge is 0.251 e. The molecule has 2 N–H and O–H groups in total. The van der Waals surface area contributed by atoms with Gasteiger partial charge in [-0.1, -0.05) is 0 Å². The highest BCUT2D eigenvalue weighted by atomic mass is 16.1. The molecule has 1 aromatic carbocycles. The van der Waals surface area contributed by atoms with Gasteiger partial charge in [-0.3, -0.25) is 4.79 Å². The largest absolute Gasteiger partial charge is 0.385 e. The quantitative estimate of drug-likeness (QED) is 0.802. The van der Waals surface area contributed by atoms with Crippen LogP contribution in [0.1, 0.15) is 35.7 Å².